The molecule has 0 aliphatic heterocycles. The molecule has 0 aliphatic carbocycles. The van der Waals surface area contributed by atoms with Crippen molar-refractivity contribution in [3.05, 3.63) is 77.3 Å². The first kappa shape index (κ1) is 13.0. The summed E-state index contributed by atoms with van der Waals surface area (Å²) in [5, 5.41) is 6.74. The fourth-order valence-corrected chi connectivity index (χ4v) is 2.56. The van der Waals surface area contributed by atoms with Crippen LogP contribution in [0, 0.1) is 0 Å². The Kier molecular flexibility index (Phi) is 3.62. The van der Waals surface area contributed by atoms with Crippen molar-refractivity contribution in [1.29, 1.82) is 0 Å². The molecule has 0 amide bonds. The van der Waals surface area contributed by atoms with Gasteiger partial charge in [-0.3, -0.25) is 0 Å². The number of benzene rings is 3. The molecule has 0 saturated carbocycles. The second-order valence-electron chi connectivity index (χ2n) is 4.95. The van der Waals surface area contributed by atoms with Crippen LogP contribution >= 0.6 is 11.6 Å². The van der Waals surface area contributed by atoms with Crippen LogP contribution in [0.4, 0.5) is 5.69 Å². The molecule has 0 spiro atoms. The monoisotopic (exact) mass is 281 g/mol. The molecule has 0 aromatic heterocycles. The molecule has 3 aromatic carbocycles. The maximum atomic E-state index is 6.19. The van der Waals surface area contributed by atoms with E-state index in [2.05, 4.69) is 54.7 Å². The summed E-state index contributed by atoms with van der Waals surface area (Å²) in [7, 11) is 0. The summed E-state index contributed by atoms with van der Waals surface area (Å²) in [6, 6.07) is 23.0. The summed E-state index contributed by atoms with van der Waals surface area (Å²) in [6.07, 6.45) is 0. The molecule has 1 atom stereocenters. The third-order valence-electron chi connectivity index (χ3n) is 3.52. The number of para-hydroxylation sites is 1. The Balaban J connectivity index is 1.89. The average molecular weight is 282 g/mol. The van der Waals surface area contributed by atoms with Gasteiger partial charge in [0.15, 0.2) is 0 Å². The van der Waals surface area contributed by atoms with Crippen molar-refractivity contribution in [2.75, 3.05) is 5.32 Å². The van der Waals surface area contributed by atoms with E-state index in [0.29, 0.717) is 0 Å². The molecule has 3 rings (SSSR count). The lowest BCUT2D eigenvalue weighted by molar-refractivity contribution is 0.887. The molecule has 1 N–H and O–H groups in total. The Morgan fingerprint density at radius 3 is 2.35 bits per heavy atom. The van der Waals surface area contributed by atoms with Gasteiger partial charge in [0.2, 0.25) is 0 Å². The molecule has 0 fully saturated rings. The number of rotatable bonds is 3. The normalized spacial score (nSPS) is 12.3. The van der Waals surface area contributed by atoms with E-state index in [1.165, 1.54) is 16.3 Å². The molecular formula is C18H16ClN. The van der Waals surface area contributed by atoms with Crippen molar-refractivity contribution in [3.8, 4) is 0 Å². The smallest absolute Gasteiger partial charge is 0.0637 e. The number of anilines is 1. The van der Waals surface area contributed by atoms with Gasteiger partial charge in [0, 0.05) is 6.04 Å². The highest BCUT2D eigenvalue weighted by Gasteiger charge is 2.07. The number of hydrogen-bond acceptors (Lipinski definition) is 1. The molecule has 2 heteroatoms. The minimum absolute atomic E-state index is 0.208. The van der Waals surface area contributed by atoms with Crippen LogP contribution < -0.4 is 5.32 Å². The summed E-state index contributed by atoms with van der Waals surface area (Å²) in [5.41, 5.74) is 2.22. The van der Waals surface area contributed by atoms with Gasteiger partial charge in [0.25, 0.3) is 0 Å². The summed E-state index contributed by atoms with van der Waals surface area (Å²) >= 11 is 6.19. The van der Waals surface area contributed by atoms with Crippen molar-refractivity contribution in [1.82, 2.24) is 0 Å². The lowest BCUT2D eigenvalue weighted by Gasteiger charge is -2.17. The van der Waals surface area contributed by atoms with Crippen molar-refractivity contribution >= 4 is 28.1 Å². The van der Waals surface area contributed by atoms with Gasteiger partial charge in [-0.2, -0.15) is 0 Å². The van der Waals surface area contributed by atoms with Crippen molar-refractivity contribution in [2.24, 2.45) is 0 Å². The van der Waals surface area contributed by atoms with Crippen LogP contribution in [0.5, 0.6) is 0 Å². The summed E-state index contributed by atoms with van der Waals surface area (Å²) in [4.78, 5) is 0. The highest BCUT2D eigenvalue weighted by molar-refractivity contribution is 6.33. The van der Waals surface area contributed by atoms with Crippen molar-refractivity contribution in [3.63, 3.8) is 0 Å². The van der Waals surface area contributed by atoms with Crippen LogP contribution in [0.25, 0.3) is 10.8 Å². The molecule has 0 aliphatic rings. The molecule has 100 valence electrons. The van der Waals surface area contributed by atoms with Gasteiger partial charge in [0.1, 0.15) is 0 Å². The topological polar surface area (TPSA) is 12.0 Å². The molecular weight excluding hydrogens is 266 g/mol. The van der Waals surface area contributed by atoms with Crippen LogP contribution in [0.3, 0.4) is 0 Å². The minimum atomic E-state index is 0.208. The fourth-order valence-electron chi connectivity index (χ4n) is 2.37. The van der Waals surface area contributed by atoms with Gasteiger partial charge in [-0.25, -0.2) is 0 Å². The highest BCUT2D eigenvalue weighted by atomic mass is 35.5. The number of fused-ring (bicyclic) bond motifs is 1. The maximum absolute atomic E-state index is 6.19. The summed E-state index contributed by atoms with van der Waals surface area (Å²) in [6.45, 7) is 2.15. The predicted molar refractivity (Wildman–Crippen MR) is 87.4 cm³/mol. The van der Waals surface area contributed by atoms with Crippen LogP contribution in [-0.4, -0.2) is 0 Å². The lowest BCUT2D eigenvalue weighted by Crippen LogP contribution is -2.06. The van der Waals surface area contributed by atoms with E-state index in [0.717, 1.165) is 10.7 Å². The lowest BCUT2D eigenvalue weighted by atomic mass is 10.0. The van der Waals surface area contributed by atoms with Crippen molar-refractivity contribution < 1.29 is 0 Å². The fraction of sp³-hybridized carbons (Fsp3) is 0.111. The molecule has 0 heterocycles. The zero-order valence-electron chi connectivity index (χ0n) is 11.3. The molecule has 0 saturated heterocycles. The minimum Gasteiger partial charge on any atom is -0.377 e. The third kappa shape index (κ3) is 2.63. The molecule has 0 bridgehead atoms. The van der Waals surface area contributed by atoms with E-state index >= 15 is 0 Å². The predicted octanol–water partition coefficient (Wildman–Crippen LogP) is 5.67. The second-order valence-corrected chi connectivity index (χ2v) is 5.36. The SMILES string of the molecule is CC(Nc1ccccc1Cl)c1ccc2ccccc2c1. The van der Waals surface area contributed by atoms with Crippen LogP contribution in [0.15, 0.2) is 66.7 Å². The van der Waals surface area contributed by atoms with Gasteiger partial charge < -0.3 is 5.32 Å². The van der Waals surface area contributed by atoms with E-state index in [4.69, 9.17) is 11.6 Å². The molecule has 3 aromatic rings. The van der Waals surface area contributed by atoms with Gasteiger partial charge in [0.05, 0.1) is 10.7 Å². The first-order valence-electron chi connectivity index (χ1n) is 6.74. The largest absolute Gasteiger partial charge is 0.377 e. The van der Waals surface area contributed by atoms with Gasteiger partial charge in [-0.15, -0.1) is 0 Å². The van der Waals surface area contributed by atoms with Crippen LogP contribution in [-0.2, 0) is 0 Å². The molecule has 0 radical (unpaired) electrons. The van der Waals surface area contributed by atoms with Crippen molar-refractivity contribution in [2.45, 2.75) is 13.0 Å². The van der Waals surface area contributed by atoms with E-state index in [1.807, 2.05) is 24.3 Å². The quantitative estimate of drug-likeness (QED) is 0.652. The highest BCUT2D eigenvalue weighted by Crippen LogP contribution is 2.27. The maximum Gasteiger partial charge on any atom is 0.0637 e. The Morgan fingerprint density at radius 2 is 1.55 bits per heavy atom. The first-order chi connectivity index (χ1) is 9.74. The van der Waals surface area contributed by atoms with Crippen LogP contribution in [0.1, 0.15) is 18.5 Å². The Labute approximate surface area is 124 Å². The first-order valence-corrected chi connectivity index (χ1v) is 7.11. The number of nitrogens with one attached hydrogen (secondary N) is 1. The molecule has 1 unspecified atom stereocenters. The Hall–Kier alpha value is -1.99. The second kappa shape index (κ2) is 5.56. The van der Waals surface area contributed by atoms with E-state index < -0.39 is 0 Å². The van der Waals surface area contributed by atoms with E-state index in [-0.39, 0.29) is 6.04 Å². The van der Waals surface area contributed by atoms with Gasteiger partial charge in [-0.1, -0.05) is 60.1 Å². The summed E-state index contributed by atoms with van der Waals surface area (Å²) < 4.78 is 0. The Bertz CT molecular complexity index is 736. The third-order valence-corrected chi connectivity index (χ3v) is 3.85. The average Bonchev–Trinajstić information content (AvgIpc) is 2.49. The number of hydrogen-bond donors (Lipinski definition) is 1. The van der Waals surface area contributed by atoms with E-state index in [9.17, 15) is 0 Å². The standard InChI is InChI=1S/C18H16ClN/c1-13(20-18-9-5-4-8-17(18)19)15-11-10-14-6-2-3-7-16(14)12-15/h2-13,20H,1H3. The zero-order chi connectivity index (χ0) is 13.9. The van der Waals surface area contributed by atoms with Gasteiger partial charge in [-0.05, 0) is 41.5 Å². The van der Waals surface area contributed by atoms with Crippen LogP contribution in [0.2, 0.25) is 5.02 Å². The molecule has 20 heavy (non-hydrogen) atoms. The summed E-state index contributed by atoms with van der Waals surface area (Å²) in [5.74, 6) is 0. The van der Waals surface area contributed by atoms with Gasteiger partial charge >= 0.3 is 0 Å². The molecule has 1 nitrogen and oxygen atoms in total. The van der Waals surface area contributed by atoms with E-state index in [1.54, 1.807) is 0 Å². The Morgan fingerprint density at radius 1 is 0.850 bits per heavy atom. The number of halogens is 1. The zero-order valence-corrected chi connectivity index (χ0v) is 12.1.